The van der Waals surface area contributed by atoms with Crippen LogP contribution in [-0.4, -0.2) is 51.0 Å². The van der Waals surface area contributed by atoms with Gasteiger partial charge in [0.15, 0.2) is 0 Å². The van der Waals surface area contributed by atoms with Crippen LogP contribution in [0.4, 0.5) is 5.69 Å². The smallest absolute Gasteiger partial charge is 0.244 e. The van der Waals surface area contributed by atoms with Crippen molar-refractivity contribution >= 4 is 55.1 Å². The number of rotatable bonds is 8. The predicted octanol–water partition coefficient (Wildman–Crippen LogP) is 3.34. The lowest BCUT2D eigenvalue weighted by atomic mass is 10.1. The highest BCUT2D eigenvalue weighted by Crippen LogP contribution is 2.26. The van der Waals surface area contributed by atoms with Gasteiger partial charge in [0.1, 0.15) is 12.6 Å². The summed E-state index contributed by atoms with van der Waals surface area (Å²) in [5.41, 5.74) is 1.78. The van der Waals surface area contributed by atoms with Crippen LogP contribution in [0.2, 0.25) is 5.02 Å². The number of amides is 2. The predicted molar refractivity (Wildman–Crippen MR) is 127 cm³/mol. The molecule has 0 fully saturated rings. The van der Waals surface area contributed by atoms with Crippen LogP contribution in [0.5, 0.6) is 0 Å². The van der Waals surface area contributed by atoms with Gasteiger partial charge in [0, 0.05) is 23.1 Å². The van der Waals surface area contributed by atoms with Gasteiger partial charge < -0.3 is 10.2 Å². The van der Waals surface area contributed by atoms with Crippen LogP contribution >= 0.6 is 27.5 Å². The average Bonchev–Trinajstić information content (AvgIpc) is 2.70. The summed E-state index contributed by atoms with van der Waals surface area (Å²) < 4.78 is 27.0. The molecule has 2 aromatic carbocycles. The zero-order valence-corrected chi connectivity index (χ0v) is 20.9. The van der Waals surface area contributed by atoms with E-state index in [0.29, 0.717) is 16.3 Å². The molecule has 2 amide bonds. The van der Waals surface area contributed by atoms with E-state index in [0.717, 1.165) is 20.6 Å². The number of sulfonamides is 1. The average molecular weight is 531 g/mol. The summed E-state index contributed by atoms with van der Waals surface area (Å²) in [6.45, 7) is 3.03. The number of nitrogens with zero attached hydrogens (tertiary/aromatic N) is 2. The Morgan fingerprint density at radius 2 is 1.77 bits per heavy atom. The Balaban J connectivity index is 2.40. The van der Waals surface area contributed by atoms with Crippen molar-refractivity contribution in [3.8, 4) is 0 Å². The SMILES string of the molecule is CNC(=O)[C@@H](C)N(Cc1ccc(Br)cc1)C(=O)CN(c1ccc(Cl)cc1C)S(C)(=O)=O. The van der Waals surface area contributed by atoms with Crippen LogP contribution in [0.1, 0.15) is 18.1 Å². The van der Waals surface area contributed by atoms with E-state index in [1.165, 1.54) is 11.9 Å². The monoisotopic (exact) mass is 529 g/mol. The number of hydrogen-bond acceptors (Lipinski definition) is 4. The molecular weight excluding hydrogens is 506 g/mol. The summed E-state index contributed by atoms with van der Waals surface area (Å²) in [6.07, 6.45) is 1.04. The largest absolute Gasteiger partial charge is 0.357 e. The molecule has 1 atom stereocenters. The quantitative estimate of drug-likeness (QED) is 0.567. The molecule has 0 aromatic heterocycles. The Kier molecular flexibility index (Phi) is 8.50. The molecule has 0 heterocycles. The fraction of sp³-hybridized carbons (Fsp3) is 0.333. The maximum Gasteiger partial charge on any atom is 0.244 e. The first-order valence-electron chi connectivity index (χ1n) is 9.43. The number of nitrogens with one attached hydrogen (secondary N) is 1. The van der Waals surface area contributed by atoms with Gasteiger partial charge in [0.05, 0.1) is 11.9 Å². The van der Waals surface area contributed by atoms with Gasteiger partial charge in [-0.25, -0.2) is 8.42 Å². The van der Waals surface area contributed by atoms with Gasteiger partial charge in [-0.1, -0.05) is 39.7 Å². The summed E-state index contributed by atoms with van der Waals surface area (Å²) in [6, 6.07) is 11.3. The second kappa shape index (κ2) is 10.5. The molecule has 0 aliphatic rings. The molecule has 168 valence electrons. The summed E-state index contributed by atoms with van der Waals surface area (Å²) in [7, 11) is -2.29. The van der Waals surface area contributed by atoms with E-state index in [1.807, 2.05) is 24.3 Å². The second-order valence-corrected chi connectivity index (χ2v) is 10.4. The lowest BCUT2D eigenvalue weighted by molar-refractivity contribution is -0.139. The minimum atomic E-state index is -3.78. The third-order valence-electron chi connectivity index (χ3n) is 4.79. The number of benzene rings is 2. The van der Waals surface area contributed by atoms with E-state index in [9.17, 15) is 18.0 Å². The summed E-state index contributed by atoms with van der Waals surface area (Å²) in [5.74, 6) is -0.849. The number of aryl methyl sites for hydroxylation is 1. The number of carbonyl (C=O) groups is 2. The number of carbonyl (C=O) groups excluding carboxylic acids is 2. The second-order valence-electron chi connectivity index (χ2n) is 7.14. The third kappa shape index (κ3) is 6.69. The fourth-order valence-electron chi connectivity index (χ4n) is 3.07. The van der Waals surface area contributed by atoms with Gasteiger partial charge in [-0.15, -0.1) is 0 Å². The lowest BCUT2D eigenvalue weighted by Crippen LogP contribution is -2.50. The lowest BCUT2D eigenvalue weighted by Gasteiger charge is -2.31. The third-order valence-corrected chi connectivity index (χ3v) is 6.68. The Bertz CT molecular complexity index is 1060. The molecule has 0 aliphatic carbocycles. The van der Waals surface area contributed by atoms with Crippen molar-refractivity contribution in [1.29, 1.82) is 0 Å². The minimum absolute atomic E-state index is 0.151. The van der Waals surface area contributed by atoms with Crippen molar-refractivity contribution in [2.75, 3.05) is 24.2 Å². The van der Waals surface area contributed by atoms with Gasteiger partial charge in [-0.05, 0) is 55.3 Å². The summed E-state index contributed by atoms with van der Waals surface area (Å²) in [4.78, 5) is 26.9. The molecule has 0 saturated heterocycles. The number of likely N-dealkylation sites (N-methyl/N-ethyl adjacent to an activating group) is 1. The maximum atomic E-state index is 13.3. The van der Waals surface area contributed by atoms with Crippen molar-refractivity contribution in [1.82, 2.24) is 10.2 Å². The number of anilines is 1. The molecular formula is C21H25BrClN3O4S. The minimum Gasteiger partial charge on any atom is -0.357 e. The highest BCUT2D eigenvalue weighted by atomic mass is 79.9. The topological polar surface area (TPSA) is 86.8 Å². The first-order chi connectivity index (χ1) is 14.4. The van der Waals surface area contributed by atoms with Crippen molar-refractivity contribution in [2.24, 2.45) is 0 Å². The van der Waals surface area contributed by atoms with Crippen LogP contribution in [0.3, 0.4) is 0 Å². The van der Waals surface area contributed by atoms with Gasteiger partial charge in [-0.3, -0.25) is 13.9 Å². The van der Waals surface area contributed by atoms with E-state index < -0.39 is 28.5 Å². The van der Waals surface area contributed by atoms with Crippen LogP contribution in [-0.2, 0) is 26.2 Å². The first kappa shape index (κ1) is 25.2. The molecule has 2 aromatic rings. The van der Waals surface area contributed by atoms with Gasteiger partial charge in [0.2, 0.25) is 21.8 Å². The molecule has 1 N–H and O–H groups in total. The Labute approximate surface area is 196 Å². The molecule has 10 heteroatoms. The normalized spacial score (nSPS) is 12.2. The van der Waals surface area contributed by atoms with Crippen LogP contribution in [0.25, 0.3) is 0 Å². The molecule has 31 heavy (non-hydrogen) atoms. The molecule has 0 aliphatic heterocycles. The molecule has 0 unspecified atom stereocenters. The van der Waals surface area contributed by atoms with Gasteiger partial charge in [-0.2, -0.15) is 0 Å². The van der Waals surface area contributed by atoms with E-state index in [4.69, 9.17) is 11.6 Å². The van der Waals surface area contributed by atoms with Crippen LogP contribution < -0.4 is 9.62 Å². The number of hydrogen-bond donors (Lipinski definition) is 1. The maximum absolute atomic E-state index is 13.3. The molecule has 2 rings (SSSR count). The molecule has 0 radical (unpaired) electrons. The van der Waals surface area contributed by atoms with Gasteiger partial charge >= 0.3 is 0 Å². The number of halogens is 2. The van der Waals surface area contributed by atoms with Gasteiger partial charge in [0.25, 0.3) is 0 Å². The Hall–Kier alpha value is -2.10. The summed E-state index contributed by atoms with van der Waals surface area (Å²) >= 11 is 9.36. The first-order valence-corrected chi connectivity index (χ1v) is 12.5. The molecule has 0 spiro atoms. The Morgan fingerprint density at radius 1 is 1.16 bits per heavy atom. The molecule has 7 nitrogen and oxygen atoms in total. The van der Waals surface area contributed by atoms with Crippen LogP contribution in [0, 0.1) is 6.92 Å². The molecule has 0 saturated carbocycles. The van der Waals surface area contributed by atoms with E-state index in [1.54, 1.807) is 32.0 Å². The molecule has 0 bridgehead atoms. The zero-order chi connectivity index (χ0) is 23.3. The fourth-order valence-corrected chi connectivity index (χ4v) is 4.47. The van der Waals surface area contributed by atoms with Crippen molar-refractivity contribution in [3.05, 3.63) is 63.1 Å². The van der Waals surface area contributed by atoms with Crippen molar-refractivity contribution in [3.63, 3.8) is 0 Å². The van der Waals surface area contributed by atoms with Crippen molar-refractivity contribution < 1.29 is 18.0 Å². The van der Waals surface area contributed by atoms with Crippen LogP contribution in [0.15, 0.2) is 46.9 Å². The highest BCUT2D eigenvalue weighted by Gasteiger charge is 2.30. The van der Waals surface area contributed by atoms with Crippen molar-refractivity contribution in [2.45, 2.75) is 26.4 Å². The van der Waals surface area contributed by atoms with E-state index in [2.05, 4.69) is 21.2 Å². The zero-order valence-electron chi connectivity index (χ0n) is 17.7. The van der Waals surface area contributed by atoms with E-state index >= 15 is 0 Å². The Morgan fingerprint density at radius 3 is 2.29 bits per heavy atom. The van der Waals surface area contributed by atoms with E-state index in [-0.39, 0.29) is 12.5 Å². The highest BCUT2D eigenvalue weighted by molar-refractivity contribution is 9.10. The summed E-state index contributed by atoms with van der Waals surface area (Å²) in [5, 5.41) is 3.00. The standard InChI is InChI=1S/C21H25BrClN3O4S/c1-14-11-18(23)9-10-19(14)26(31(4,29)30)13-20(27)25(15(2)21(28)24-3)12-16-5-7-17(22)8-6-16/h5-11,15H,12-13H2,1-4H3,(H,24,28)/t15-/m1/s1.